The van der Waals surface area contributed by atoms with E-state index < -0.39 is 46.8 Å². The summed E-state index contributed by atoms with van der Waals surface area (Å²) in [6.07, 6.45) is 2.52. The van der Waals surface area contributed by atoms with E-state index in [-0.39, 0.29) is 29.7 Å². The molecule has 4 amide bonds. The van der Waals surface area contributed by atoms with Crippen LogP contribution in [0.5, 0.6) is 11.5 Å². The molecule has 6 atom stereocenters. The number of rotatable bonds is 4. The Bertz CT molecular complexity index is 2230. The second-order valence-electron chi connectivity index (χ2n) is 13.4. The van der Waals surface area contributed by atoms with E-state index in [2.05, 4.69) is 37.2 Å². The third-order valence-corrected chi connectivity index (χ3v) is 14.7. The largest absolute Gasteiger partial charge is 0.503 e. The van der Waals surface area contributed by atoms with Gasteiger partial charge in [0.1, 0.15) is 11.5 Å². The molecule has 2 aliphatic carbocycles. The number of allylic oxidation sites excluding steroid dienone is 2. The highest BCUT2D eigenvalue weighted by atomic mass is 79.9. The first-order chi connectivity index (χ1) is 23.3. The summed E-state index contributed by atoms with van der Waals surface area (Å²) in [5, 5.41) is 19.7. The van der Waals surface area contributed by atoms with Crippen molar-refractivity contribution in [2.24, 2.45) is 36.1 Å². The Hall–Kier alpha value is -3.52. The van der Waals surface area contributed by atoms with Crippen molar-refractivity contribution in [3.8, 4) is 22.1 Å². The summed E-state index contributed by atoms with van der Waals surface area (Å²) >= 11 is 15.0. The van der Waals surface area contributed by atoms with Gasteiger partial charge in [-0.1, -0.05) is 23.3 Å². The molecular formula is C35H29Br2ClN4O6S. The van der Waals surface area contributed by atoms with Gasteiger partial charge < -0.3 is 9.84 Å². The molecule has 6 unspecified atom stereocenters. The number of thiophene rings is 1. The fourth-order valence-electron chi connectivity index (χ4n) is 8.68. The second kappa shape index (κ2) is 11.2. The number of methoxy groups -OCH3 is 1. The predicted octanol–water partition coefficient (Wildman–Crippen LogP) is 7.02. The maximum Gasteiger partial charge on any atom is 0.242 e. The summed E-state index contributed by atoms with van der Waals surface area (Å²) in [7, 11) is 3.14. The fourth-order valence-corrected chi connectivity index (χ4v) is 11.0. The van der Waals surface area contributed by atoms with Crippen molar-refractivity contribution < 1.29 is 29.0 Å². The van der Waals surface area contributed by atoms with Crippen LogP contribution in [0.4, 0.5) is 5.82 Å². The number of hydrogen-bond acceptors (Lipinski definition) is 8. The molecule has 0 spiro atoms. The minimum Gasteiger partial charge on any atom is -0.503 e. The van der Waals surface area contributed by atoms with E-state index in [1.54, 1.807) is 35.2 Å². The first kappa shape index (κ1) is 32.7. The van der Waals surface area contributed by atoms with Gasteiger partial charge in [0.15, 0.2) is 11.5 Å². The number of ether oxygens (including phenoxy) is 1. The number of nitrogens with one attached hydrogen (secondary N) is 1. The van der Waals surface area contributed by atoms with Gasteiger partial charge in [-0.2, -0.15) is 5.10 Å². The molecule has 0 radical (unpaired) electrons. The van der Waals surface area contributed by atoms with E-state index in [1.165, 1.54) is 12.0 Å². The normalized spacial score (nSPS) is 27.7. The number of halogens is 3. The SMILES string of the molecule is COc1cc(C2C3=CCC4C(=O)NC(=O)C4C3CC3C(=O)N(c4cc(-c5sc6ccc(Cl)cc6c5C)nn4C)C(=O)C32C)c(Br)c(Br)c1O. The van der Waals surface area contributed by atoms with Crippen molar-refractivity contribution in [1.82, 2.24) is 15.1 Å². The number of phenolic OH excluding ortho intramolecular Hbond substituents is 1. The third-order valence-electron chi connectivity index (χ3n) is 11.0. The van der Waals surface area contributed by atoms with Crippen LogP contribution < -0.4 is 15.0 Å². The highest BCUT2D eigenvalue weighted by Gasteiger charge is 2.67. The Labute approximate surface area is 306 Å². The topological polar surface area (TPSA) is 131 Å². The van der Waals surface area contributed by atoms with Crippen molar-refractivity contribution in [2.45, 2.75) is 32.6 Å². The number of amides is 4. The van der Waals surface area contributed by atoms with Crippen LogP contribution in [0.3, 0.4) is 0 Å². The van der Waals surface area contributed by atoms with Crippen molar-refractivity contribution in [1.29, 1.82) is 0 Å². The van der Waals surface area contributed by atoms with Gasteiger partial charge in [-0.15, -0.1) is 11.3 Å². The minimum absolute atomic E-state index is 0.123. The molecule has 3 fully saturated rings. The number of carbonyl (C=O) groups is 4. The highest BCUT2D eigenvalue weighted by molar-refractivity contribution is 9.13. The van der Waals surface area contributed by atoms with E-state index in [0.29, 0.717) is 37.5 Å². The first-order valence-corrected chi connectivity index (χ1v) is 18.5. The monoisotopic (exact) mass is 826 g/mol. The van der Waals surface area contributed by atoms with Crippen LogP contribution in [0.2, 0.25) is 5.02 Å². The Kier molecular flexibility index (Phi) is 7.50. The van der Waals surface area contributed by atoms with Gasteiger partial charge >= 0.3 is 0 Å². The Morgan fingerprint density at radius 1 is 1.10 bits per heavy atom. The first-order valence-electron chi connectivity index (χ1n) is 15.7. The number of nitrogens with zero attached hydrogens (tertiary/aromatic N) is 3. The maximum atomic E-state index is 15.0. The van der Waals surface area contributed by atoms with Gasteiger partial charge in [0.25, 0.3) is 0 Å². The van der Waals surface area contributed by atoms with Gasteiger partial charge in [-0.25, -0.2) is 4.90 Å². The van der Waals surface area contributed by atoms with Crippen LogP contribution in [0.1, 0.15) is 36.8 Å². The zero-order valence-corrected chi connectivity index (χ0v) is 31.4. The lowest BCUT2D eigenvalue weighted by molar-refractivity contribution is -0.131. The average molecular weight is 829 g/mol. The van der Waals surface area contributed by atoms with E-state index in [0.717, 1.165) is 26.1 Å². The molecule has 10 nitrogen and oxygen atoms in total. The van der Waals surface area contributed by atoms with Gasteiger partial charge in [0, 0.05) is 33.2 Å². The number of benzene rings is 2. The van der Waals surface area contributed by atoms with Gasteiger partial charge in [-0.05, 0) is 105 Å². The molecule has 4 aliphatic rings. The summed E-state index contributed by atoms with van der Waals surface area (Å²) in [4.78, 5) is 57.9. The van der Waals surface area contributed by atoms with Crippen LogP contribution in [-0.4, -0.2) is 45.6 Å². The van der Waals surface area contributed by atoms with Gasteiger partial charge in [-0.3, -0.25) is 29.2 Å². The third kappa shape index (κ3) is 4.44. The van der Waals surface area contributed by atoms with Crippen LogP contribution in [0.25, 0.3) is 20.7 Å². The van der Waals surface area contributed by atoms with Crippen LogP contribution in [0.15, 0.2) is 50.9 Å². The molecule has 8 rings (SSSR count). The summed E-state index contributed by atoms with van der Waals surface area (Å²) in [6, 6.07) is 9.17. The highest BCUT2D eigenvalue weighted by Crippen LogP contribution is 2.65. The predicted molar refractivity (Wildman–Crippen MR) is 192 cm³/mol. The van der Waals surface area contributed by atoms with Crippen LogP contribution >= 0.6 is 54.8 Å². The number of aryl methyl sites for hydroxylation is 2. The maximum absolute atomic E-state index is 15.0. The lowest BCUT2D eigenvalue weighted by Crippen LogP contribution is -2.49. The van der Waals surface area contributed by atoms with Crippen LogP contribution in [-0.2, 0) is 26.2 Å². The average Bonchev–Trinajstić information content (AvgIpc) is 3.75. The lowest BCUT2D eigenvalue weighted by Gasteiger charge is -2.49. The van der Waals surface area contributed by atoms with E-state index in [4.69, 9.17) is 21.4 Å². The minimum atomic E-state index is -1.30. The summed E-state index contributed by atoms with van der Waals surface area (Å²) < 4.78 is 8.94. The lowest BCUT2D eigenvalue weighted by atomic mass is 9.51. The molecule has 4 heterocycles. The summed E-state index contributed by atoms with van der Waals surface area (Å²) in [5.74, 6) is -4.28. The number of imide groups is 2. The molecular weight excluding hydrogens is 800 g/mol. The molecule has 252 valence electrons. The Morgan fingerprint density at radius 3 is 2.59 bits per heavy atom. The van der Waals surface area contributed by atoms with E-state index >= 15 is 4.79 Å². The number of carbonyl (C=O) groups excluding carboxylic acids is 4. The zero-order valence-electron chi connectivity index (χ0n) is 26.6. The Balaban J connectivity index is 1.29. The number of phenols is 1. The molecule has 2 aliphatic heterocycles. The van der Waals surface area contributed by atoms with Crippen molar-refractivity contribution in [3.63, 3.8) is 0 Å². The molecule has 2 saturated heterocycles. The number of aromatic nitrogens is 2. The van der Waals surface area contributed by atoms with Crippen LogP contribution in [0, 0.1) is 36.0 Å². The Morgan fingerprint density at radius 2 is 1.86 bits per heavy atom. The molecule has 2 N–H and O–H groups in total. The molecule has 0 bridgehead atoms. The number of anilines is 1. The van der Waals surface area contributed by atoms with E-state index in [9.17, 15) is 19.5 Å². The molecule has 49 heavy (non-hydrogen) atoms. The van der Waals surface area contributed by atoms with Crippen molar-refractivity contribution in [3.05, 3.63) is 67.1 Å². The smallest absolute Gasteiger partial charge is 0.242 e. The standard InChI is InChI=1S/C35H29Br2ClN4O6S/c1-13-17-9-14(38)5-8-23(17)49-30(13)21-12-24(41(3)40-21)42-33(46)20-10-18-15(6-7-16-25(18)32(45)39-31(16)44)26(35(20,2)34(42)47)19-11-22(48-4)29(43)28(37)27(19)36/h5-6,8-9,11-12,16,18,20,25-26,43H,7,10H2,1-4H3,(H,39,44,45). The van der Waals surface area contributed by atoms with E-state index in [1.807, 2.05) is 38.1 Å². The number of fused-ring (bicyclic) bond motifs is 5. The molecule has 4 aromatic rings. The molecule has 2 aromatic heterocycles. The summed E-state index contributed by atoms with van der Waals surface area (Å²) in [5.41, 5.74) is 1.75. The van der Waals surface area contributed by atoms with Gasteiger partial charge in [0.05, 0.1) is 39.6 Å². The summed E-state index contributed by atoms with van der Waals surface area (Å²) in [6.45, 7) is 3.81. The number of aromatic hydroxyl groups is 1. The molecule has 1 saturated carbocycles. The number of hydrogen-bond donors (Lipinski definition) is 2. The van der Waals surface area contributed by atoms with Crippen molar-refractivity contribution in [2.75, 3.05) is 12.0 Å². The second-order valence-corrected chi connectivity index (χ2v) is 16.4. The van der Waals surface area contributed by atoms with Gasteiger partial charge in [0.2, 0.25) is 23.6 Å². The quantitative estimate of drug-likeness (QED) is 0.167. The molecule has 2 aromatic carbocycles. The molecule has 14 heteroatoms. The fraction of sp³-hybridized carbons (Fsp3) is 0.343. The zero-order chi connectivity index (χ0) is 34.8. The van der Waals surface area contributed by atoms with Crippen molar-refractivity contribution >= 4 is 94.3 Å².